The van der Waals surface area contributed by atoms with Gasteiger partial charge >= 0.3 is 0 Å². The van der Waals surface area contributed by atoms with Crippen LogP contribution in [0.15, 0.2) is 58.7 Å². The number of nitrogens with zero attached hydrogens (tertiary/aromatic N) is 1. The largest absolute Gasteiger partial charge is 0.512 e. The van der Waals surface area contributed by atoms with Crippen LogP contribution in [0.4, 0.5) is 0 Å². The van der Waals surface area contributed by atoms with E-state index in [0.717, 1.165) is 33.5 Å². The SMILES string of the molecule is CC(=O)/C=C(/C)O.Cc1[c-]c(-c2ccc3cc(-c4c(C)cc(C(C)(C)C)cc4C)oc3n2)cc(C)c1.[Ir]. The summed E-state index contributed by atoms with van der Waals surface area (Å²) in [6.07, 6.45) is 1.17. The molecule has 0 aliphatic heterocycles. The summed E-state index contributed by atoms with van der Waals surface area (Å²) >= 11 is 0. The third-order valence-electron chi connectivity index (χ3n) is 5.86. The molecule has 0 amide bonds. The summed E-state index contributed by atoms with van der Waals surface area (Å²) in [7, 11) is 0. The van der Waals surface area contributed by atoms with Crippen molar-refractivity contribution >= 4 is 16.9 Å². The van der Waals surface area contributed by atoms with Crippen LogP contribution < -0.4 is 0 Å². The number of carbonyl (C=O) groups excluding carboxylic acids is 1. The van der Waals surface area contributed by atoms with Crippen LogP contribution in [0.3, 0.4) is 0 Å². The van der Waals surface area contributed by atoms with E-state index in [-0.39, 0.29) is 37.1 Å². The number of carbonyl (C=O) groups is 1. The van der Waals surface area contributed by atoms with Crippen molar-refractivity contribution in [2.24, 2.45) is 0 Å². The maximum atomic E-state index is 10.0. The zero-order valence-electron chi connectivity index (χ0n) is 23.2. The van der Waals surface area contributed by atoms with Gasteiger partial charge in [-0.1, -0.05) is 58.9 Å². The Hall–Kier alpha value is -3.01. The molecule has 0 fully saturated rings. The van der Waals surface area contributed by atoms with Gasteiger partial charge in [-0.3, -0.25) is 9.78 Å². The molecule has 4 aromatic rings. The molecule has 0 saturated heterocycles. The van der Waals surface area contributed by atoms with Crippen LogP contribution in [0.25, 0.3) is 33.7 Å². The first kappa shape index (κ1) is 30.2. The standard InChI is InChI=1S/C27H28NO.C5H8O2.Ir/c1-16-10-17(2)12-21(11-16)23-9-8-20-15-24(29-26(20)28-23)25-18(3)13-22(14-19(25)4)27(5,6)7;1-4(6)3-5(2)7;/h8-11,13-15H,1-7H3;3,6H,1-2H3;/q-1;;/b;4-3-;. The van der Waals surface area contributed by atoms with E-state index in [4.69, 9.17) is 14.5 Å². The maximum Gasteiger partial charge on any atom is 0.217 e. The van der Waals surface area contributed by atoms with Crippen molar-refractivity contribution in [2.75, 3.05) is 0 Å². The van der Waals surface area contributed by atoms with Gasteiger partial charge in [0.05, 0.1) is 5.76 Å². The fraction of sp³-hybridized carbons (Fsp3) is 0.312. The van der Waals surface area contributed by atoms with E-state index < -0.39 is 0 Å². The van der Waals surface area contributed by atoms with Crippen LogP contribution in [0.1, 0.15) is 62.4 Å². The number of aryl methyl sites for hydroxylation is 4. The summed E-state index contributed by atoms with van der Waals surface area (Å²) in [6, 6.07) is 18.4. The minimum absolute atomic E-state index is 0. The summed E-state index contributed by atoms with van der Waals surface area (Å²) < 4.78 is 6.24. The average Bonchev–Trinajstić information content (AvgIpc) is 3.14. The van der Waals surface area contributed by atoms with Crippen LogP contribution in [-0.2, 0) is 30.3 Å². The number of hydrogen-bond acceptors (Lipinski definition) is 4. The Morgan fingerprint density at radius 2 is 1.59 bits per heavy atom. The van der Waals surface area contributed by atoms with Crippen LogP contribution >= 0.6 is 0 Å². The van der Waals surface area contributed by atoms with Crippen molar-refractivity contribution in [1.29, 1.82) is 0 Å². The summed E-state index contributed by atoms with van der Waals surface area (Å²) in [5.74, 6) is 0.817. The van der Waals surface area contributed by atoms with Gasteiger partial charge in [-0.15, -0.1) is 34.9 Å². The molecule has 0 saturated carbocycles. The molecule has 4 nitrogen and oxygen atoms in total. The van der Waals surface area contributed by atoms with Gasteiger partial charge in [0.25, 0.3) is 0 Å². The number of ketones is 1. The summed E-state index contributed by atoms with van der Waals surface area (Å²) in [5, 5.41) is 9.38. The van der Waals surface area contributed by atoms with E-state index in [9.17, 15) is 4.79 Å². The molecule has 197 valence electrons. The molecule has 0 unspecified atom stereocenters. The molecular formula is C32H36IrNO3-. The molecule has 4 rings (SSSR count). The molecule has 0 spiro atoms. The predicted molar refractivity (Wildman–Crippen MR) is 148 cm³/mol. The van der Waals surface area contributed by atoms with Crippen LogP contribution in [0.2, 0.25) is 0 Å². The number of hydrogen-bond donors (Lipinski definition) is 1. The third-order valence-corrected chi connectivity index (χ3v) is 5.86. The average molecular weight is 675 g/mol. The van der Waals surface area contributed by atoms with Gasteiger partial charge < -0.3 is 9.52 Å². The Bertz CT molecular complexity index is 1410. The number of pyridine rings is 1. The van der Waals surface area contributed by atoms with Gasteiger partial charge in [0.15, 0.2) is 5.78 Å². The van der Waals surface area contributed by atoms with E-state index in [0.29, 0.717) is 5.71 Å². The Morgan fingerprint density at radius 1 is 0.973 bits per heavy atom. The summed E-state index contributed by atoms with van der Waals surface area (Å²) in [6.45, 7) is 18.1. The van der Waals surface area contributed by atoms with Gasteiger partial charge in [-0.2, -0.15) is 0 Å². The van der Waals surface area contributed by atoms with Gasteiger partial charge in [0.2, 0.25) is 5.71 Å². The number of rotatable bonds is 3. The number of aliphatic hydroxyl groups is 1. The fourth-order valence-electron chi connectivity index (χ4n) is 4.30. The molecule has 5 heteroatoms. The second-order valence-electron chi connectivity index (χ2n) is 10.6. The van der Waals surface area contributed by atoms with Crippen molar-refractivity contribution in [3.63, 3.8) is 0 Å². The topological polar surface area (TPSA) is 63.3 Å². The van der Waals surface area contributed by atoms with Gasteiger partial charge in [0, 0.05) is 37.1 Å². The number of benzene rings is 2. The van der Waals surface area contributed by atoms with Gasteiger partial charge in [0.1, 0.15) is 5.76 Å². The molecular weight excluding hydrogens is 639 g/mol. The van der Waals surface area contributed by atoms with E-state index in [2.05, 4.69) is 97.0 Å². The Morgan fingerprint density at radius 3 is 2.08 bits per heavy atom. The van der Waals surface area contributed by atoms with Gasteiger partial charge in [-0.05, 0) is 61.6 Å². The Kier molecular flexibility index (Phi) is 9.82. The zero-order chi connectivity index (χ0) is 26.8. The molecule has 2 heterocycles. The smallest absolute Gasteiger partial charge is 0.217 e. The third kappa shape index (κ3) is 7.74. The number of allylic oxidation sites excluding steroid dienone is 2. The van der Waals surface area contributed by atoms with Crippen molar-refractivity contribution in [3.8, 4) is 22.6 Å². The first-order chi connectivity index (χ1) is 16.7. The molecule has 0 aliphatic carbocycles. The van der Waals surface area contributed by atoms with E-state index in [1.54, 1.807) is 0 Å². The molecule has 37 heavy (non-hydrogen) atoms. The minimum atomic E-state index is -0.125. The van der Waals surface area contributed by atoms with Crippen molar-refractivity contribution in [1.82, 2.24) is 4.98 Å². The summed E-state index contributed by atoms with van der Waals surface area (Å²) in [4.78, 5) is 14.8. The van der Waals surface area contributed by atoms with Gasteiger partial charge in [-0.25, -0.2) is 0 Å². The molecule has 0 bridgehead atoms. The first-order valence-corrected chi connectivity index (χ1v) is 12.2. The minimum Gasteiger partial charge on any atom is -0.512 e. The second kappa shape index (κ2) is 12.0. The predicted octanol–water partition coefficient (Wildman–Crippen LogP) is 8.53. The first-order valence-electron chi connectivity index (χ1n) is 12.2. The van der Waals surface area contributed by atoms with Crippen molar-refractivity contribution < 1.29 is 34.4 Å². The van der Waals surface area contributed by atoms with Crippen LogP contribution in [-0.4, -0.2) is 15.9 Å². The Balaban J connectivity index is 0.000000532. The molecule has 1 N–H and O–H groups in total. The van der Waals surface area contributed by atoms with Crippen molar-refractivity contribution in [3.05, 3.63) is 88.2 Å². The molecule has 2 aromatic heterocycles. The van der Waals surface area contributed by atoms with E-state index in [1.807, 2.05) is 0 Å². The Labute approximate surface area is 234 Å². The monoisotopic (exact) mass is 675 g/mol. The second-order valence-corrected chi connectivity index (χ2v) is 10.6. The van der Waals surface area contributed by atoms with E-state index in [1.165, 1.54) is 42.2 Å². The quantitative estimate of drug-likeness (QED) is 0.135. The number of fused-ring (bicyclic) bond motifs is 1. The number of aliphatic hydroxyl groups excluding tert-OH is 1. The number of aromatic nitrogens is 1. The van der Waals surface area contributed by atoms with E-state index >= 15 is 0 Å². The van der Waals surface area contributed by atoms with Crippen LogP contribution in [0, 0.1) is 33.8 Å². The maximum absolute atomic E-state index is 10.0. The zero-order valence-corrected chi connectivity index (χ0v) is 25.6. The molecule has 0 atom stereocenters. The normalized spacial score (nSPS) is 11.5. The number of furan rings is 1. The molecule has 1 radical (unpaired) electrons. The molecule has 0 aliphatic rings. The summed E-state index contributed by atoms with van der Waals surface area (Å²) in [5.41, 5.74) is 9.99. The fourth-order valence-corrected chi connectivity index (χ4v) is 4.30. The molecule has 2 aromatic carbocycles. The van der Waals surface area contributed by atoms with Crippen LogP contribution in [0.5, 0.6) is 0 Å². The van der Waals surface area contributed by atoms with Crippen molar-refractivity contribution in [2.45, 2.75) is 67.7 Å².